The Morgan fingerprint density at radius 1 is 1.21 bits per heavy atom. The van der Waals surface area contributed by atoms with Crippen molar-refractivity contribution in [3.8, 4) is 0 Å². The summed E-state index contributed by atoms with van der Waals surface area (Å²) in [6.07, 6.45) is 2.00. The summed E-state index contributed by atoms with van der Waals surface area (Å²) in [4.78, 5) is 14.7. The Balaban J connectivity index is 1.89. The van der Waals surface area contributed by atoms with Crippen molar-refractivity contribution in [1.82, 2.24) is 15.0 Å². The molecule has 1 heterocycles. The monoisotopic (exact) mass is 329 g/mol. The third-order valence-corrected chi connectivity index (χ3v) is 4.28. The topological polar surface area (TPSA) is 67.9 Å². The standard InChI is InChI=1S/C18H24FN5/c1-4-10-24(14-11-13(14)12-8-6-5-7-9-12)17-22-15(18(2,3)19)21-16(20)23-17/h5-9,13-14H,4,10-11H2,1-3H3,(H2,20,21,22,23). The van der Waals surface area contributed by atoms with Gasteiger partial charge in [0, 0.05) is 18.5 Å². The third-order valence-electron chi connectivity index (χ3n) is 4.28. The molecule has 0 saturated heterocycles. The summed E-state index contributed by atoms with van der Waals surface area (Å²) in [6.45, 7) is 5.78. The quantitative estimate of drug-likeness (QED) is 0.879. The first-order valence-corrected chi connectivity index (χ1v) is 8.42. The molecule has 0 radical (unpaired) electrons. The number of nitrogens with zero attached hydrogens (tertiary/aromatic N) is 4. The first-order valence-electron chi connectivity index (χ1n) is 8.42. The Bertz CT molecular complexity index is 698. The van der Waals surface area contributed by atoms with Crippen molar-refractivity contribution in [3.63, 3.8) is 0 Å². The number of aromatic nitrogens is 3. The lowest BCUT2D eigenvalue weighted by Crippen LogP contribution is -2.31. The van der Waals surface area contributed by atoms with Crippen molar-refractivity contribution in [2.24, 2.45) is 0 Å². The first kappa shape index (κ1) is 16.6. The van der Waals surface area contributed by atoms with Crippen LogP contribution < -0.4 is 10.6 Å². The Kier molecular flexibility index (Phi) is 4.39. The van der Waals surface area contributed by atoms with Gasteiger partial charge < -0.3 is 10.6 Å². The van der Waals surface area contributed by atoms with Crippen LogP contribution in [-0.4, -0.2) is 27.5 Å². The van der Waals surface area contributed by atoms with E-state index < -0.39 is 5.67 Å². The highest BCUT2D eigenvalue weighted by molar-refractivity contribution is 5.43. The van der Waals surface area contributed by atoms with E-state index in [1.54, 1.807) is 0 Å². The minimum absolute atomic E-state index is 0.0683. The molecule has 6 heteroatoms. The predicted molar refractivity (Wildman–Crippen MR) is 93.6 cm³/mol. The zero-order valence-electron chi connectivity index (χ0n) is 14.4. The average molecular weight is 329 g/mol. The molecule has 0 bridgehead atoms. The molecule has 1 aliphatic carbocycles. The largest absolute Gasteiger partial charge is 0.368 e. The number of nitrogen functional groups attached to an aromatic ring is 1. The van der Waals surface area contributed by atoms with E-state index in [1.165, 1.54) is 19.4 Å². The van der Waals surface area contributed by atoms with Crippen molar-refractivity contribution in [3.05, 3.63) is 41.7 Å². The third kappa shape index (κ3) is 3.47. The summed E-state index contributed by atoms with van der Waals surface area (Å²) in [6, 6.07) is 10.7. The molecular formula is C18H24FN5. The fraction of sp³-hybridized carbons (Fsp3) is 0.500. The summed E-state index contributed by atoms with van der Waals surface area (Å²) in [5.74, 6) is 1.09. The van der Waals surface area contributed by atoms with Gasteiger partial charge in [-0.15, -0.1) is 0 Å². The van der Waals surface area contributed by atoms with Crippen LogP contribution in [0, 0.1) is 0 Å². The maximum Gasteiger partial charge on any atom is 0.230 e. The van der Waals surface area contributed by atoms with Crippen LogP contribution in [0.5, 0.6) is 0 Å². The summed E-state index contributed by atoms with van der Waals surface area (Å²) in [5.41, 5.74) is 5.47. The molecule has 2 unspecified atom stereocenters. The molecule has 2 aromatic rings. The van der Waals surface area contributed by atoms with Gasteiger partial charge in [0.1, 0.15) is 0 Å². The number of hydrogen-bond acceptors (Lipinski definition) is 5. The maximum absolute atomic E-state index is 14.3. The number of rotatable bonds is 6. The van der Waals surface area contributed by atoms with Crippen molar-refractivity contribution in [2.45, 2.75) is 51.2 Å². The molecule has 24 heavy (non-hydrogen) atoms. The van der Waals surface area contributed by atoms with Crippen LogP contribution >= 0.6 is 0 Å². The van der Waals surface area contributed by atoms with Gasteiger partial charge in [-0.2, -0.15) is 15.0 Å². The average Bonchev–Trinajstić information content (AvgIpc) is 3.32. The van der Waals surface area contributed by atoms with Gasteiger partial charge in [-0.05, 0) is 32.3 Å². The van der Waals surface area contributed by atoms with Crippen LogP contribution in [0.25, 0.3) is 0 Å². The molecule has 1 saturated carbocycles. The van der Waals surface area contributed by atoms with Crippen molar-refractivity contribution < 1.29 is 4.39 Å². The van der Waals surface area contributed by atoms with Crippen molar-refractivity contribution >= 4 is 11.9 Å². The van der Waals surface area contributed by atoms with Crippen LogP contribution in [0.4, 0.5) is 16.3 Å². The molecule has 2 N–H and O–H groups in total. The smallest absolute Gasteiger partial charge is 0.230 e. The molecule has 3 rings (SSSR count). The maximum atomic E-state index is 14.3. The van der Waals surface area contributed by atoms with Gasteiger partial charge >= 0.3 is 0 Å². The highest BCUT2D eigenvalue weighted by Crippen LogP contribution is 2.45. The summed E-state index contributed by atoms with van der Waals surface area (Å²) >= 11 is 0. The molecule has 1 aromatic carbocycles. The van der Waals surface area contributed by atoms with E-state index in [0.717, 1.165) is 19.4 Å². The van der Waals surface area contributed by atoms with E-state index >= 15 is 0 Å². The summed E-state index contributed by atoms with van der Waals surface area (Å²) in [5, 5.41) is 0. The Morgan fingerprint density at radius 3 is 2.54 bits per heavy atom. The van der Waals surface area contributed by atoms with Gasteiger partial charge in [0.25, 0.3) is 0 Å². The number of alkyl halides is 1. The minimum Gasteiger partial charge on any atom is -0.368 e. The van der Waals surface area contributed by atoms with Crippen LogP contribution in [0.3, 0.4) is 0 Å². The Hall–Kier alpha value is -2.24. The number of halogens is 1. The number of benzene rings is 1. The summed E-state index contributed by atoms with van der Waals surface area (Å²) < 4.78 is 14.3. The van der Waals surface area contributed by atoms with E-state index in [0.29, 0.717) is 17.9 Å². The number of nitrogens with two attached hydrogens (primary N) is 1. The second kappa shape index (κ2) is 6.34. The highest BCUT2D eigenvalue weighted by Gasteiger charge is 2.44. The Morgan fingerprint density at radius 2 is 1.92 bits per heavy atom. The van der Waals surface area contributed by atoms with Gasteiger partial charge in [-0.25, -0.2) is 4.39 Å². The SMILES string of the molecule is CCCN(c1nc(N)nc(C(C)(C)F)n1)C1CC1c1ccccc1. The normalized spacial score (nSPS) is 20.0. The fourth-order valence-electron chi connectivity index (χ4n) is 3.01. The zero-order valence-corrected chi connectivity index (χ0v) is 14.4. The molecule has 0 spiro atoms. The molecule has 5 nitrogen and oxygen atoms in total. The lowest BCUT2D eigenvalue weighted by Gasteiger charge is -2.24. The highest BCUT2D eigenvalue weighted by atomic mass is 19.1. The molecule has 1 aromatic heterocycles. The van der Waals surface area contributed by atoms with Crippen molar-refractivity contribution in [2.75, 3.05) is 17.2 Å². The van der Waals surface area contributed by atoms with E-state index in [1.807, 2.05) is 6.07 Å². The van der Waals surface area contributed by atoms with Crippen LogP contribution in [0.2, 0.25) is 0 Å². The van der Waals surface area contributed by atoms with Crippen LogP contribution in [-0.2, 0) is 5.67 Å². The number of hydrogen-bond donors (Lipinski definition) is 1. The summed E-state index contributed by atoms with van der Waals surface area (Å²) in [7, 11) is 0. The van der Waals surface area contributed by atoms with Gasteiger partial charge in [-0.1, -0.05) is 37.3 Å². The van der Waals surface area contributed by atoms with E-state index in [9.17, 15) is 4.39 Å². The lowest BCUT2D eigenvalue weighted by atomic mass is 10.1. The van der Waals surface area contributed by atoms with Crippen molar-refractivity contribution in [1.29, 1.82) is 0 Å². The van der Waals surface area contributed by atoms with Gasteiger partial charge in [-0.3, -0.25) is 0 Å². The predicted octanol–water partition coefficient (Wildman–Crippen LogP) is 3.43. The number of anilines is 2. The fourth-order valence-corrected chi connectivity index (χ4v) is 3.01. The van der Waals surface area contributed by atoms with Gasteiger partial charge in [0.15, 0.2) is 11.5 Å². The lowest BCUT2D eigenvalue weighted by molar-refractivity contribution is 0.206. The second-order valence-electron chi connectivity index (χ2n) is 6.80. The van der Waals surface area contributed by atoms with E-state index in [2.05, 4.69) is 51.0 Å². The minimum atomic E-state index is -1.65. The van der Waals surface area contributed by atoms with Gasteiger partial charge in [0.05, 0.1) is 0 Å². The zero-order chi connectivity index (χ0) is 17.3. The van der Waals surface area contributed by atoms with Gasteiger partial charge in [0.2, 0.25) is 11.9 Å². The molecule has 0 aliphatic heterocycles. The second-order valence-corrected chi connectivity index (χ2v) is 6.80. The molecule has 2 atom stereocenters. The van der Waals surface area contributed by atoms with Crippen LogP contribution in [0.15, 0.2) is 30.3 Å². The molecular weight excluding hydrogens is 305 g/mol. The molecule has 128 valence electrons. The van der Waals surface area contributed by atoms with E-state index in [4.69, 9.17) is 5.73 Å². The molecule has 1 fully saturated rings. The van der Waals surface area contributed by atoms with Crippen LogP contribution in [0.1, 0.15) is 50.9 Å². The van der Waals surface area contributed by atoms with E-state index in [-0.39, 0.29) is 11.8 Å². The molecule has 1 aliphatic rings. The Labute approximate surface area is 142 Å². The molecule has 0 amide bonds. The first-order chi connectivity index (χ1) is 11.4.